The molecule has 0 saturated heterocycles. The van der Waals surface area contributed by atoms with Crippen LogP contribution in [0.4, 0.5) is 4.79 Å². The predicted molar refractivity (Wildman–Crippen MR) is 61.2 cm³/mol. The minimum atomic E-state index is -1.45. The zero-order chi connectivity index (χ0) is 13.5. The van der Waals surface area contributed by atoms with E-state index in [0.717, 1.165) is 4.88 Å². The Morgan fingerprint density at radius 3 is 2.61 bits per heavy atom. The van der Waals surface area contributed by atoms with Gasteiger partial charge < -0.3 is 20.8 Å². The van der Waals surface area contributed by atoms with Crippen LogP contribution in [0.1, 0.15) is 11.3 Å². The maximum atomic E-state index is 11.3. The van der Waals surface area contributed by atoms with E-state index in [9.17, 15) is 14.4 Å². The zero-order valence-corrected chi connectivity index (χ0v) is 9.94. The molecule has 2 amide bonds. The third-order valence-corrected chi connectivity index (χ3v) is 2.67. The van der Waals surface area contributed by atoms with E-state index in [2.05, 4.69) is 15.6 Å². The minimum absolute atomic E-state index is 0.204. The minimum Gasteiger partial charge on any atom is -0.481 e. The van der Waals surface area contributed by atoms with Gasteiger partial charge in [0.2, 0.25) is 0 Å². The molecule has 0 spiro atoms. The van der Waals surface area contributed by atoms with Crippen LogP contribution in [-0.2, 0) is 16.1 Å². The second kappa shape index (κ2) is 6.55. The van der Waals surface area contributed by atoms with Crippen LogP contribution in [0.2, 0.25) is 0 Å². The van der Waals surface area contributed by atoms with Crippen molar-refractivity contribution in [2.45, 2.75) is 19.0 Å². The summed E-state index contributed by atoms with van der Waals surface area (Å²) in [6, 6.07) is -2.19. The highest BCUT2D eigenvalue weighted by molar-refractivity contribution is 7.09. The van der Waals surface area contributed by atoms with Crippen molar-refractivity contribution in [3.63, 3.8) is 0 Å². The lowest BCUT2D eigenvalue weighted by Crippen LogP contribution is -2.46. The van der Waals surface area contributed by atoms with Gasteiger partial charge in [-0.05, 0) is 0 Å². The molecule has 1 heterocycles. The SMILES string of the molecule is O=C(O)CC(NC(=O)NCc1cncs1)C(=O)O. The Labute approximate surface area is 106 Å². The van der Waals surface area contributed by atoms with E-state index < -0.39 is 30.4 Å². The molecule has 0 fully saturated rings. The lowest BCUT2D eigenvalue weighted by molar-refractivity contribution is -0.145. The van der Waals surface area contributed by atoms with Gasteiger partial charge in [-0.1, -0.05) is 0 Å². The molecule has 1 atom stereocenters. The van der Waals surface area contributed by atoms with E-state index in [1.165, 1.54) is 11.3 Å². The van der Waals surface area contributed by atoms with Crippen molar-refractivity contribution in [2.75, 3.05) is 0 Å². The van der Waals surface area contributed by atoms with Gasteiger partial charge in [0.1, 0.15) is 6.04 Å². The number of nitrogens with zero attached hydrogens (tertiary/aromatic N) is 1. The summed E-state index contributed by atoms with van der Waals surface area (Å²) in [4.78, 5) is 37.0. The average molecular weight is 273 g/mol. The van der Waals surface area contributed by atoms with E-state index in [4.69, 9.17) is 10.2 Å². The Morgan fingerprint density at radius 1 is 1.39 bits per heavy atom. The maximum absolute atomic E-state index is 11.3. The summed E-state index contributed by atoms with van der Waals surface area (Å²) in [7, 11) is 0. The van der Waals surface area contributed by atoms with Crippen LogP contribution in [0.25, 0.3) is 0 Å². The Morgan fingerprint density at radius 2 is 2.11 bits per heavy atom. The monoisotopic (exact) mass is 273 g/mol. The van der Waals surface area contributed by atoms with E-state index in [-0.39, 0.29) is 6.54 Å². The lowest BCUT2D eigenvalue weighted by Gasteiger charge is -2.12. The highest BCUT2D eigenvalue weighted by Crippen LogP contribution is 2.03. The molecule has 0 aliphatic carbocycles. The number of carbonyl (C=O) groups excluding carboxylic acids is 1. The van der Waals surface area contributed by atoms with Gasteiger partial charge in [-0.2, -0.15) is 0 Å². The molecule has 1 unspecified atom stereocenters. The number of nitrogens with one attached hydrogen (secondary N) is 2. The van der Waals surface area contributed by atoms with Crippen molar-refractivity contribution >= 4 is 29.3 Å². The number of amides is 2. The first-order chi connectivity index (χ1) is 8.49. The quantitative estimate of drug-likeness (QED) is 0.571. The van der Waals surface area contributed by atoms with Crippen molar-refractivity contribution < 1.29 is 24.6 Å². The fraction of sp³-hybridized carbons (Fsp3) is 0.333. The van der Waals surface area contributed by atoms with E-state index in [1.54, 1.807) is 11.7 Å². The molecule has 1 aromatic heterocycles. The van der Waals surface area contributed by atoms with Gasteiger partial charge in [0.05, 0.1) is 18.5 Å². The van der Waals surface area contributed by atoms with Crippen LogP contribution in [-0.4, -0.2) is 39.2 Å². The van der Waals surface area contributed by atoms with Gasteiger partial charge >= 0.3 is 18.0 Å². The smallest absolute Gasteiger partial charge is 0.326 e. The number of carboxylic acid groups (broad SMARTS) is 2. The number of hydrogen-bond acceptors (Lipinski definition) is 5. The van der Waals surface area contributed by atoms with E-state index >= 15 is 0 Å². The molecule has 0 saturated carbocycles. The first kappa shape index (κ1) is 13.9. The average Bonchev–Trinajstić information content (AvgIpc) is 2.77. The third kappa shape index (κ3) is 4.78. The molecule has 0 aromatic carbocycles. The molecule has 98 valence electrons. The van der Waals surface area contributed by atoms with Gasteiger partial charge in [0.25, 0.3) is 0 Å². The molecule has 0 aliphatic heterocycles. The first-order valence-electron chi connectivity index (χ1n) is 4.85. The highest BCUT2D eigenvalue weighted by Gasteiger charge is 2.22. The summed E-state index contributed by atoms with van der Waals surface area (Å²) in [6.45, 7) is 0.204. The van der Waals surface area contributed by atoms with Crippen LogP contribution in [0.5, 0.6) is 0 Å². The third-order valence-electron chi connectivity index (χ3n) is 1.89. The summed E-state index contributed by atoms with van der Waals surface area (Å²) >= 11 is 1.34. The molecule has 1 rings (SSSR count). The Kier molecular flexibility index (Phi) is 5.06. The highest BCUT2D eigenvalue weighted by atomic mass is 32.1. The van der Waals surface area contributed by atoms with E-state index in [1.807, 2.05) is 0 Å². The Balaban J connectivity index is 2.41. The molecule has 0 radical (unpaired) electrons. The van der Waals surface area contributed by atoms with Crippen molar-refractivity contribution in [1.82, 2.24) is 15.6 Å². The van der Waals surface area contributed by atoms with Gasteiger partial charge in [-0.25, -0.2) is 9.59 Å². The number of rotatable bonds is 6. The predicted octanol–water partition coefficient (Wildman–Crippen LogP) is -0.130. The van der Waals surface area contributed by atoms with Gasteiger partial charge in [-0.15, -0.1) is 11.3 Å². The lowest BCUT2D eigenvalue weighted by atomic mass is 10.2. The van der Waals surface area contributed by atoms with Crippen LogP contribution in [0.3, 0.4) is 0 Å². The molecule has 1 aromatic rings. The molecule has 9 heteroatoms. The number of carbonyl (C=O) groups is 3. The summed E-state index contributed by atoms with van der Waals surface area (Å²) in [5.41, 5.74) is 1.60. The van der Waals surface area contributed by atoms with Gasteiger partial charge in [0, 0.05) is 11.1 Å². The molecule has 0 bridgehead atoms. The summed E-state index contributed by atoms with van der Waals surface area (Å²) in [5, 5.41) is 21.7. The fourth-order valence-corrected chi connectivity index (χ4v) is 1.62. The van der Waals surface area contributed by atoms with Crippen LogP contribution >= 0.6 is 11.3 Å². The summed E-state index contributed by atoms with van der Waals surface area (Å²) < 4.78 is 0. The maximum Gasteiger partial charge on any atom is 0.326 e. The largest absolute Gasteiger partial charge is 0.481 e. The number of aliphatic carboxylic acids is 2. The van der Waals surface area contributed by atoms with E-state index in [0.29, 0.717) is 0 Å². The summed E-state index contributed by atoms with van der Waals surface area (Å²) in [5.74, 6) is -2.70. The van der Waals surface area contributed by atoms with Crippen molar-refractivity contribution in [3.8, 4) is 0 Å². The van der Waals surface area contributed by atoms with Crippen molar-refractivity contribution in [1.29, 1.82) is 0 Å². The number of carboxylic acids is 2. The topological polar surface area (TPSA) is 129 Å². The van der Waals surface area contributed by atoms with Gasteiger partial charge in [0.15, 0.2) is 0 Å². The zero-order valence-electron chi connectivity index (χ0n) is 9.12. The first-order valence-corrected chi connectivity index (χ1v) is 5.73. The van der Waals surface area contributed by atoms with Crippen molar-refractivity contribution in [3.05, 3.63) is 16.6 Å². The number of aromatic nitrogens is 1. The Bertz CT molecular complexity index is 433. The normalized spacial score (nSPS) is 11.6. The number of hydrogen-bond donors (Lipinski definition) is 4. The number of thiazole rings is 1. The molecule has 8 nitrogen and oxygen atoms in total. The van der Waals surface area contributed by atoms with Crippen LogP contribution in [0.15, 0.2) is 11.7 Å². The second-order valence-corrected chi connectivity index (χ2v) is 4.25. The summed E-state index contributed by atoms with van der Waals surface area (Å²) in [6.07, 6.45) is 0.889. The fourth-order valence-electron chi connectivity index (χ4n) is 1.08. The molecule has 0 aliphatic rings. The van der Waals surface area contributed by atoms with Gasteiger partial charge in [-0.3, -0.25) is 9.78 Å². The molecule has 18 heavy (non-hydrogen) atoms. The Hall–Kier alpha value is -2.16. The second-order valence-electron chi connectivity index (χ2n) is 3.28. The molecular formula is C9H11N3O5S. The van der Waals surface area contributed by atoms with Crippen LogP contribution < -0.4 is 10.6 Å². The number of urea groups is 1. The molecule has 4 N–H and O–H groups in total. The van der Waals surface area contributed by atoms with Crippen molar-refractivity contribution in [2.24, 2.45) is 0 Å². The molecular weight excluding hydrogens is 262 g/mol. The van der Waals surface area contributed by atoms with Crippen LogP contribution in [0, 0.1) is 0 Å². The standard InChI is InChI=1S/C9H11N3O5S/c13-7(14)1-6(8(15)16)12-9(17)11-3-5-2-10-4-18-5/h2,4,6H,1,3H2,(H,13,14)(H,15,16)(H2,11,12,17).